The third-order valence-electron chi connectivity index (χ3n) is 2.80. The summed E-state index contributed by atoms with van der Waals surface area (Å²) >= 11 is 1.37. The number of aliphatic hydroxyl groups excluding tert-OH is 1. The molecule has 0 saturated carbocycles. The molecule has 0 saturated heterocycles. The number of hydrogen-bond acceptors (Lipinski definition) is 5. The van der Waals surface area contributed by atoms with Crippen molar-refractivity contribution in [3.05, 3.63) is 39.7 Å². The summed E-state index contributed by atoms with van der Waals surface area (Å²) in [5.41, 5.74) is -0.791. The third-order valence-corrected chi connectivity index (χ3v) is 3.96. The summed E-state index contributed by atoms with van der Waals surface area (Å²) in [5, 5.41) is 22.3. The first-order valence-corrected chi connectivity index (χ1v) is 7.08. The van der Waals surface area contributed by atoms with Gasteiger partial charge in [-0.3, -0.25) is 14.9 Å². The number of carbonyl (C=O) groups is 1. The van der Waals surface area contributed by atoms with Gasteiger partial charge in [0.05, 0.1) is 17.6 Å². The fourth-order valence-electron chi connectivity index (χ4n) is 1.66. The molecular weight excluding hydrogens is 287 g/mol. The number of nitrogens with one attached hydrogen (secondary N) is 1. The average molecular weight is 302 g/mol. The van der Waals surface area contributed by atoms with Crippen molar-refractivity contribution < 1.29 is 19.2 Å². The zero-order chi connectivity index (χ0) is 15.3. The number of benzene rings is 1. The summed E-state index contributed by atoms with van der Waals surface area (Å²) in [6.45, 7) is 1.55. The van der Waals surface area contributed by atoms with E-state index < -0.39 is 22.3 Å². The van der Waals surface area contributed by atoms with Gasteiger partial charge in [0.15, 0.2) is 0 Å². The number of amides is 1. The van der Waals surface area contributed by atoms with Gasteiger partial charge in [0.1, 0.15) is 11.4 Å². The quantitative estimate of drug-likeness (QED) is 0.615. The zero-order valence-corrected chi connectivity index (χ0v) is 11.8. The molecule has 2 N–H and O–H groups in total. The standard InChI is InChI=1S/C12H15FN2O4S/c1-7(11(6-16)20-2)14-12(17)9-4-3-8(13)5-10(9)15(18)19/h3-5,7,11,16H,6H2,1-2H3,(H,14,17). The maximum absolute atomic E-state index is 13.0. The van der Waals surface area contributed by atoms with Crippen LogP contribution in [0.25, 0.3) is 0 Å². The van der Waals surface area contributed by atoms with E-state index in [0.717, 1.165) is 12.1 Å². The van der Waals surface area contributed by atoms with Crippen molar-refractivity contribution in [3.63, 3.8) is 0 Å². The van der Waals surface area contributed by atoms with E-state index in [0.29, 0.717) is 6.07 Å². The first kappa shape index (κ1) is 16.4. The molecular formula is C12H15FN2O4S. The summed E-state index contributed by atoms with van der Waals surface area (Å²) in [7, 11) is 0. The van der Waals surface area contributed by atoms with Gasteiger partial charge in [0.25, 0.3) is 11.6 Å². The Hall–Kier alpha value is -1.67. The Balaban J connectivity index is 2.95. The van der Waals surface area contributed by atoms with E-state index in [-0.39, 0.29) is 23.5 Å². The largest absolute Gasteiger partial charge is 0.395 e. The second kappa shape index (κ2) is 7.20. The molecule has 0 aliphatic carbocycles. The van der Waals surface area contributed by atoms with Gasteiger partial charge in [-0.2, -0.15) is 11.8 Å². The normalized spacial score (nSPS) is 13.6. The van der Waals surface area contributed by atoms with E-state index in [1.807, 2.05) is 0 Å². The Morgan fingerprint density at radius 3 is 2.75 bits per heavy atom. The molecule has 6 nitrogen and oxygen atoms in total. The second-order valence-corrected chi connectivity index (χ2v) is 5.21. The highest BCUT2D eigenvalue weighted by Crippen LogP contribution is 2.20. The number of rotatable bonds is 6. The van der Waals surface area contributed by atoms with Crippen LogP contribution in [0.3, 0.4) is 0 Å². The molecule has 110 valence electrons. The topological polar surface area (TPSA) is 92.5 Å². The molecule has 1 aromatic carbocycles. The van der Waals surface area contributed by atoms with Crippen molar-refractivity contribution in [2.45, 2.75) is 18.2 Å². The number of aliphatic hydroxyl groups is 1. The first-order valence-electron chi connectivity index (χ1n) is 5.79. The molecule has 0 bridgehead atoms. The second-order valence-electron chi connectivity index (χ2n) is 4.14. The van der Waals surface area contributed by atoms with Gasteiger partial charge in [-0.05, 0) is 25.3 Å². The SMILES string of the molecule is CSC(CO)C(C)NC(=O)c1ccc(F)cc1[N+](=O)[O-]. The molecule has 0 aromatic heterocycles. The van der Waals surface area contributed by atoms with Crippen LogP contribution >= 0.6 is 11.8 Å². The maximum Gasteiger partial charge on any atom is 0.285 e. The molecule has 8 heteroatoms. The summed E-state index contributed by atoms with van der Waals surface area (Å²) in [4.78, 5) is 22.0. The first-order chi connectivity index (χ1) is 9.40. The van der Waals surface area contributed by atoms with Gasteiger partial charge in [-0.25, -0.2) is 4.39 Å². The fraction of sp³-hybridized carbons (Fsp3) is 0.417. The van der Waals surface area contributed by atoms with Crippen molar-refractivity contribution in [2.24, 2.45) is 0 Å². The van der Waals surface area contributed by atoms with Crippen LogP contribution < -0.4 is 5.32 Å². The van der Waals surface area contributed by atoms with Crippen molar-refractivity contribution in [2.75, 3.05) is 12.9 Å². The highest BCUT2D eigenvalue weighted by atomic mass is 32.2. The lowest BCUT2D eigenvalue weighted by atomic mass is 10.1. The van der Waals surface area contributed by atoms with Crippen LogP contribution in [-0.4, -0.2) is 40.1 Å². The van der Waals surface area contributed by atoms with Crippen LogP contribution in [0.1, 0.15) is 17.3 Å². The smallest absolute Gasteiger partial charge is 0.285 e. The van der Waals surface area contributed by atoms with Crippen molar-refractivity contribution >= 4 is 23.4 Å². The molecule has 0 heterocycles. The van der Waals surface area contributed by atoms with Gasteiger partial charge >= 0.3 is 0 Å². The Morgan fingerprint density at radius 1 is 1.60 bits per heavy atom. The summed E-state index contributed by atoms with van der Waals surface area (Å²) in [5.74, 6) is -1.45. The molecule has 2 unspecified atom stereocenters. The minimum atomic E-state index is -0.805. The molecule has 0 aliphatic rings. The Labute approximate surface area is 119 Å². The predicted octanol–water partition coefficient (Wildman–Crippen LogP) is 1.58. The maximum atomic E-state index is 13.0. The van der Waals surface area contributed by atoms with Crippen molar-refractivity contribution in [3.8, 4) is 0 Å². The third kappa shape index (κ3) is 3.91. The van der Waals surface area contributed by atoms with Gasteiger partial charge in [0.2, 0.25) is 0 Å². The predicted molar refractivity (Wildman–Crippen MR) is 74.4 cm³/mol. The zero-order valence-electron chi connectivity index (χ0n) is 11.0. The molecule has 2 atom stereocenters. The average Bonchev–Trinajstić information content (AvgIpc) is 2.39. The van der Waals surface area contributed by atoms with E-state index in [4.69, 9.17) is 5.11 Å². The van der Waals surface area contributed by atoms with E-state index in [9.17, 15) is 19.3 Å². The number of nitro benzene ring substituents is 1. The van der Waals surface area contributed by atoms with E-state index in [1.165, 1.54) is 11.8 Å². The number of halogens is 1. The summed E-state index contributed by atoms with van der Waals surface area (Å²) in [6.07, 6.45) is 1.78. The van der Waals surface area contributed by atoms with Crippen LogP contribution in [0.4, 0.5) is 10.1 Å². The molecule has 0 aliphatic heterocycles. The van der Waals surface area contributed by atoms with E-state index in [1.54, 1.807) is 13.2 Å². The highest BCUT2D eigenvalue weighted by molar-refractivity contribution is 7.99. The molecule has 0 radical (unpaired) electrons. The van der Waals surface area contributed by atoms with Crippen LogP contribution in [0.5, 0.6) is 0 Å². The van der Waals surface area contributed by atoms with Crippen LogP contribution in [0, 0.1) is 15.9 Å². The van der Waals surface area contributed by atoms with Gasteiger partial charge < -0.3 is 10.4 Å². The number of hydrogen-bond donors (Lipinski definition) is 2. The molecule has 1 aromatic rings. The Bertz CT molecular complexity index is 508. The molecule has 20 heavy (non-hydrogen) atoms. The number of carbonyl (C=O) groups excluding carboxylic acids is 1. The van der Waals surface area contributed by atoms with Crippen LogP contribution in [-0.2, 0) is 0 Å². The number of nitro groups is 1. The minimum absolute atomic E-state index is 0.131. The van der Waals surface area contributed by atoms with Crippen molar-refractivity contribution in [1.82, 2.24) is 5.32 Å². The number of nitrogens with zero attached hydrogens (tertiary/aromatic N) is 1. The van der Waals surface area contributed by atoms with E-state index in [2.05, 4.69) is 5.32 Å². The lowest BCUT2D eigenvalue weighted by Gasteiger charge is -2.21. The monoisotopic (exact) mass is 302 g/mol. The Morgan fingerprint density at radius 2 is 2.25 bits per heavy atom. The van der Waals surface area contributed by atoms with Gasteiger partial charge in [0, 0.05) is 11.3 Å². The molecule has 1 amide bonds. The van der Waals surface area contributed by atoms with Gasteiger partial charge in [-0.1, -0.05) is 0 Å². The summed E-state index contributed by atoms with van der Waals surface area (Å²) in [6, 6.07) is 2.39. The minimum Gasteiger partial charge on any atom is -0.395 e. The lowest BCUT2D eigenvalue weighted by Crippen LogP contribution is -2.41. The van der Waals surface area contributed by atoms with Crippen LogP contribution in [0.2, 0.25) is 0 Å². The molecule has 1 rings (SSSR count). The number of thioether (sulfide) groups is 1. The van der Waals surface area contributed by atoms with Gasteiger partial charge in [-0.15, -0.1) is 0 Å². The Kier molecular flexibility index (Phi) is 5.90. The molecule has 0 spiro atoms. The fourth-order valence-corrected chi connectivity index (χ4v) is 2.29. The summed E-state index contributed by atoms with van der Waals surface area (Å²) < 4.78 is 13.0. The molecule has 0 fully saturated rings. The van der Waals surface area contributed by atoms with Crippen LogP contribution in [0.15, 0.2) is 18.2 Å². The van der Waals surface area contributed by atoms with E-state index >= 15 is 0 Å². The lowest BCUT2D eigenvalue weighted by molar-refractivity contribution is -0.385. The highest BCUT2D eigenvalue weighted by Gasteiger charge is 2.24. The van der Waals surface area contributed by atoms with Crippen molar-refractivity contribution in [1.29, 1.82) is 0 Å².